The van der Waals surface area contributed by atoms with Gasteiger partial charge in [-0.15, -0.1) is 0 Å². The molecule has 7 nitrogen and oxygen atoms in total. The van der Waals surface area contributed by atoms with Gasteiger partial charge in [-0.25, -0.2) is 18.1 Å². The maximum Gasteiger partial charge on any atom is 0.241 e. The van der Waals surface area contributed by atoms with Crippen LogP contribution >= 0.6 is 0 Å². The lowest BCUT2D eigenvalue weighted by Crippen LogP contribution is -2.29. The molecule has 0 bridgehead atoms. The van der Waals surface area contributed by atoms with E-state index >= 15 is 0 Å². The minimum absolute atomic E-state index is 0.00459. The first-order valence-corrected chi connectivity index (χ1v) is 11.3. The average molecular weight is 430 g/mol. The van der Waals surface area contributed by atoms with Crippen LogP contribution in [0.4, 0.5) is 5.69 Å². The van der Waals surface area contributed by atoms with Crippen molar-refractivity contribution in [2.24, 2.45) is 0 Å². The summed E-state index contributed by atoms with van der Waals surface area (Å²) in [6.07, 6.45) is 0.0112. The Morgan fingerprint density at radius 1 is 1.10 bits per heavy atom. The summed E-state index contributed by atoms with van der Waals surface area (Å²) in [5.41, 5.74) is 4.30. The fraction of sp³-hybridized carbons (Fsp3) is 0.364. The number of sulfonamides is 1. The normalized spacial score (nSPS) is 11.9. The molecule has 0 fully saturated rings. The Morgan fingerprint density at radius 3 is 2.40 bits per heavy atom. The van der Waals surface area contributed by atoms with Crippen molar-refractivity contribution in [3.63, 3.8) is 0 Å². The van der Waals surface area contributed by atoms with Crippen molar-refractivity contribution >= 4 is 32.7 Å². The van der Waals surface area contributed by atoms with E-state index in [1.54, 1.807) is 32.0 Å². The molecule has 1 heterocycles. The summed E-state index contributed by atoms with van der Waals surface area (Å²) < 4.78 is 33.5. The number of oxazole rings is 1. The van der Waals surface area contributed by atoms with Gasteiger partial charge in [-0.3, -0.25) is 4.79 Å². The molecular weight excluding hydrogens is 402 g/mol. The zero-order valence-electron chi connectivity index (χ0n) is 17.9. The summed E-state index contributed by atoms with van der Waals surface area (Å²) in [6, 6.07) is 8.90. The number of carbonyl (C=O) groups is 1. The predicted molar refractivity (Wildman–Crippen MR) is 117 cm³/mol. The van der Waals surface area contributed by atoms with Crippen molar-refractivity contribution < 1.29 is 17.6 Å². The van der Waals surface area contributed by atoms with Crippen LogP contribution in [0.5, 0.6) is 0 Å². The quantitative estimate of drug-likeness (QED) is 0.587. The molecule has 1 aromatic heterocycles. The maximum absolute atomic E-state index is 12.7. The van der Waals surface area contributed by atoms with Crippen LogP contribution in [0.3, 0.4) is 0 Å². The van der Waals surface area contributed by atoms with Crippen LogP contribution in [0.25, 0.3) is 11.1 Å². The molecule has 2 N–H and O–H groups in total. The van der Waals surface area contributed by atoms with Gasteiger partial charge in [0.15, 0.2) is 11.5 Å². The third-order valence-electron chi connectivity index (χ3n) is 4.70. The number of aryl methyl sites for hydroxylation is 3. The second kappa shape index (κ2) is 8.57. The summed E-state index contributed by atoms with van der Waals surface area (Å²) >= 11 is 0. The number of rotatable bonds is 7. The summed E-state index contributed by atoms with van der Waals surface area (Å²) in [4.78, 5) is 17.0. The SMILES string of the molecule is Cc1cc(C)c(S(=O)(=O)NCCC(=O)Nc2ccc3oc(C(C)C)nc3c2)c(C)c1. The maximum atomic E-state index is 12.7. The van der Waals surface area contributed by atoms with E-state index in [2.05, 4.69) is 15.0 Å². The topological polar surface area (TPSA) is 101 Å². The first kappa shape index (κ1) is 22.0. The highest BCUT2D eigenvalue weighted by Crippen LogP contribution is 2.24. The van der Waals surface area contributed by atoms with Gasteiger partial charge in [0.2, 0.25) is 15.9 Å². The van der Waals surface area contributed by atoms with Gasteiger partial charge in [0.05, 0.1) is 4.90 Å². The smallest absolute Gasteiger partial charge is 0.241 e. The Morgan fingerprint density at radius 2 is 1.77 bits per heavy atom. The first-order valence-electron chi connectivity index (χ1n) is 9.84. The molecule has 0 unspecified atom stereocenters. The zero-order valence-corrected chi connectivity index (χ0v) is 18.7. The minimum atomic E-state index is -3.69. The first-order chi connectivity index (χ1) is 14.1. The lowest BCUT2D eigenvalue weighted by Gasteiger charge is -2.13. The fourth-order valence-corrected chi connectivity index (χ4v) is 4.94. The molecule has 0 aliphatic carbocycles. The Kier molecular flexibility index (Phi) is 6.28. The average Bonchev–Trinajstić information content (AvgIpc) is 3.04. The standard InChI is InChI=1S/C22H27N3O4S/c1-13(2)22-25-18-12-17(6-7-19(18)29-22)24-20(26)8-9-23-30(27,28)21-15(4)10-14(3)11-16(21)5/h6-7,10-13,23H,8-9H2,1-5H3,(H,24,26). The minimum Gasteiger partial charge on any atom is -0.440 e. The van der Waals surface area contributed by atoms with Crippen molar-refractivity contribution in [3.05, 3.63) is 52.9 Å². The molecule has 0 saturated heterocycles. The molecule has 160 valence electrons. The molecule has 8 heteroatoms. The van der Waals surface area contributed by atoms with Crippen LogP contribution in [0.1, 0.15) is 48.8 Å². The monoisotopic (exact) mass is 429 g/mol. The summed E-state index contributed by atoms with van der Waals surface area (Å²) in [6.45, 7) is 9.46. The second-order valence-electron chi connectivity index (χ2n) is 7.81. The molecule has 2 aromatic carbocycles. The Labute approximate surface area is 176 Å². The lowest BCUT2D eigenvalue weighted by atomic mass is 10.1. The van der Waals surface area contributed by atoms with Gasteiger partial charge in [0.25, 0.3) is 0 Å². The van der Waals surface area contributed by atoms with Crippen LogP contribution < -0.4 is 10.0 Å². The van der Waals surface area contributed by atoms with Crippen molar-refractivity contribution in [3.8, 4) is 0 Å². The number of hydrogen-bond acceptors (Lipinski definition) is 5. The van der Waals surface area contributed by atoms with E-state index in [-0.39, 0.29) is 29.7 Å². The number of hydrogen-bond donors (Lipinski definition) is 2. The highest BCUT2D eigenvalue weighted by Gasteiger charge is 2.20. The summed E-state index contributed by atoms with van der Waals surface area (Å²) in [5, 5.41) is 2.77. The number of nitrogens with one attached hydrogen (secondary N) is 2. The number of amides is 1. The van der Waals surface area contributed by atoms with Crippen molar-refractivity contribution in [2.75, 3.05) is 11.9 Å². The molecule has 0 aliphatic rings. The molecule has 3 rings (SSSR count). The third kappa shape index (κ3) is 4.88. The van der Waals surface area contributed by atoms with Crippen molar-refractivity contribution in [2.45, 2.75) is 51.9 Å². The third-order valence-corrected chi connectivity index (χ3v) is 6.46. The van der Waals surface area contributed by atoms with Gasteiger partial charge < -0.3 is 9.73 Å². The van der Waals surface area contributed by atoms with Crippen LogP contribution in [0.2, 0.25) is 0 Å². The molecule has 0 saturated carbocycles. The number of carbonyl (C=O) groups excluding carboxylic acids is 1. The number of anilines is 1. The number of aromatic nitrogens is 1. The van der Waals surface area contributed by atoms with Crippen molar-refractivity contribution in [1.82, 2.24) is 9.71 Å². The van der Waals surface area contributed by atoms with E-state index in [9.17, 15) is 13.2 Å². The van der Waals surface area contributed by atoms with Gasteiger partial charge in [-0.05, 0) is 50.1 Å². The zero-order chi connectivity index (χ0) is 22.1. The second-order valence-corrected chi connectivity index (χ2v) is 9.52. The molecule has 30 heavy (non-hydrogen) atoms. The molecule has 1 amide bonds. The van der Waals surface area contributed by atoms with Crippen LogP contribution in [-0.2, 0) is 14.8 Å². The van der Waals surface area contributed by atoms with Crippen LogP contribution in [0.15, 0.2) is 39.6 Å². The molecule has 0 spiro atoms. The molecule has 3 aromatic rings. The number of benzene rings is 2. The summed E-state index contributed by atoms with van der Waals surface area (Å²) in [7, 11) is -3.69. The summed E-state index contributed by atoms with van der Waals surface area (Å²) in [5.74, 6) is 0.524. The molecule has 0 atom stereocenters. The van der Waals surface area contributed by atoms with E-state index < -0.39 is 10.0 Å². The van der Waals surface area contributed by atoms with E-state index in [1.807, 2.05) is 32.9 Å². The Hall–Kier alpha value is -2.71. The van der Waals surface area contributed by atoms with E-state index in [4.69, 9.17) is 4.42 Å². The largest absolute Gasteiger partial charge is 0.440 e. The molecular formula is C22H27N3O4S. The fourth-order valence-electron chi connectivity index (χ4n) is 3.46. The highest BCUT2D eigenvalue weighted by atomic mass is 32.2. The van der Waals surface area contributed by atoms with Gasteiger partial charge in [-0.1, -0.05) is 31.5 Å². The Bertz CT molecular complexity index is 1170. The van der Waals surface area contributed by atoms with Crippen LogP contribution in [0, 0.1) is 20.8 Å². The Balaban J connectivity index is 1.61. The lowest BCUT2D eigenvalue weighted by molar-refractivity contribution is -0.116. The van der Waals surface area contributed by atoms with E-state index in [0.717, 1.165) is 5.56 Å². The molecule has 0 aliphatic heterocycles. The molecule has 0 radical (unpaired) electrons. The van der Waals surface area contributed by atoms with E-state index in [0.29, 0.717) is 33.8 Å². The van der Waals surface area contributed by atoms with Gasteiger partial charge in [-0.2, -0.15) is 0 Å². The predicted octanol–water partition coefficient (Wildman–Crippen LogP) is 4.18. The van der Waals surface area contributed by atoms with Crippen molar-refractivity contribution in [1.29, 1.82) is 0 Å². The highest BCUT2D eigenvalue weighted by molar-refractivity contribution is 7.89. The van der Waals surface area contributed by atoms with Gasteiger partial charge in [0.1, 0.15) is 5.52 Å². The number of nitrogens with zero attached hydrogens (tertiary/aromatic N) is 1. The van der Waals surface area contributed by atoms with Gasteiger partial charge in [0, 0.05) is 24.6 Å². The van der Waals surface area contributed by atoms with Gasteiger partial charge >= 0.3 is 0 Å². The number of fused-ring (bicyclic) bond motifs is 1. The van der Waals surface area contributed by atoms with Crippen LogP contribution in [-0.4, -0.2) is 25.9 Å². The van der Waals surface area contributed by atoms with E-state index in [1.165, 1.54) is 0 Å².